The van der Waals surface area contributed by atoms with Gasteiger partial charge in [-0.25, -0.2) is 4.79 Å². The number of aliphatic hydroxyl groups is 4. The molecule has 11 heteroatoms. The van der Waals surface area contributed by atoms with Crippen LogP contribution in [0.4, 0.5) is 0 Å². The number of hydrogen-bond acceptors (Lipinski definition) is 11. The lowest BCUT2D eigenvalue weighted by atomic mass is 9.46. The first kappa shape index (κ1) is 27.3. The van der Waals surface area contributed by atoms with E-state index in [0.717, 1.165) is 6.42 Å². The molecule has 0 bridgehead atoms. The van der Waals surface area contributed by atoms with Gasteiger partial charge in [0.1, 0.15) is 30.5 Å². The number of rotatable bonds is 7. The number of aliphatic hydroxyl groups excluding tert-OH is 4. The number of carbonyl (C=O) groups excluding carboxylic acids is 2. The van der Waals surface area contributed by atoms with Crippen LogP contribution in [0.25, 0.3) is 0 Å². The fourth-order valence-electron chi connectivity index (χ4n) is 7.39. The number of carbonyl (C=O) groups is 2. The second-order valence-electron chi connectivity index (χ2n) is 11.3. The smallest absolute Gasteiger partial charge is 0.334 e. The first-order valence-corrected chi connectivity index (χ1v) is 13.0. The molecule has 4 N–H and O–H groups in total. The standard InChI is InChI=1S/C27H36O11/c1-26(15(23(32)34-3)9-19-27(2)14(24(33)38-19)5-4-6-18(26)27)10-16(13-7-8-35-12-13)36-25-22(31)21(30)20(29)17(11-28)37-25/h5,7-8,12,15-22,25,28-31H,4,6,9-11H2,1-3H3/t15-,16+,17+,18-,19+,20+,21-,22+,25+,26+,27-/m0/s1. The second kappa shape index (κ2) is 10.0. The Morgan fingerprint density at radius 2 is 1.97 bits per heavy atom. The van der Waals surface area contributed by atoms with Gasteiger partial charge < -0.3 is 43.8 Å². The van der Waals surface area contributed by atoms with Gasteiger partial charge in [0.15, 0.2) is 6.29 Å². The number of furan rings is 1. The van der Waals surface area contributed by atoms with Gasteiger partial charge in [0.25, 0.3) is 0 Å². The fraction of sp³-hybridized carbons (Fsp3) is 0.704. The minimum atomic E-state index is -1.60. The number of allylic oxidation sites excluding steroid dienone is 1. The lowest BCUT2D eigenvalue weighted by molar-refractivity contribution is -0.315. The lowest BCUT2D eigenvalue weighted by Gasteiger charge is -2.57. The Balaban J connectivity index is 1.52. The molecule has 0 aromatic carbocycles. The quantitative estimate of drug-likeness (QED) is 0.367. The summed E-state index contributed by atoms with van der Waals surface area (Å²) in [6.07, 6.45) is -1.63. The van der Waals surface area contributed by atoms with Crippen molar-refractivity contribution in [2.45, 2.75) is 82.4 Å². The van der Waals surface area contributed by atoms with Crippen molar-refractivity contribution in [1.29, 1.82) is 0 Å². The van der Waals surface area contributed by atoms with Gasteiger partial charge in [-0.15, -0.1) is 0 Å². The summed E-state index contributed by atoms with van der Waals surface area (Å²) in [5.74, 6) is -1.52. The summed E-state index contributed by atoms with van der Waals surface area (Å²) in [5.41, 5.74) is -0.0898. The average molecular weight is 537 g/mol. The van der Waals surface area contributed by atoms with Crippen molar-refractivity contribution in [2.75, 3.05) is 13.7 Å². The van der Waals surface area contributed by atoms with Gasteiger partial charge in [0.2, 0.25) is 0 Å². The molecule has 4 aliphatic rings. The maximum atomic E-state index is 13.2. The van der Waals surface area contributed by atoms with Crippen LogP contribution in [-0.4, -0.2) is 82.9 Å². The van der Waals surface area contributed by atoms with Crippen LogP contribution in [0, 0.1) is 22.7 Å². The molecule has 11 atom stereocenters. The second-order valence-corrected chi connectivity index (χ2v) is 11.3. The first-order chi connectivity index (χ1) is 18.1. The zero-order chi connectivity index (χ0) is 27.4. The number of ether oxygens (including phenoxy) is 4. The summed E-state index contributed by atoms with van der Waals surface area (Å²) in [6, 6.07) is 1.70. The highest BCUT2D eigenvalue weighted by atomic mass is 16.7. The summed E-state index contributed by atoms with van der Waals surface area (Å²) in [7, 11) is 1.33. The third kappa shape index (κ3) is 4.11. The van der Waals surface area contributed by atoms with E-state index < -0.39 is 72.2 Å². The van der Waals surface area contributed by atoms with Crippen LogP contribution in [0.2, 0.25) is 0 Å². The highest BCUT2D eigenvalue weighted by Gasteiger charge is 2.67. The molecule has 0 radical (unpaired) electrons. The normalized spacial score (nSPS) is 43.1. The molecule has 1 saturated carbocycles. The minimum absolute atomic E-state index is 0.142. The van der Waals surface area contributed by atoms with Gasteiger partial charge in [-0.3, -0.25) is 4.79 Å². The molecular formula is C27H36O11. The summed E-state index contributed by atoms with van der Waals surface area (Å²) < 4.78 is 28.2. The minimum Gasteiger partial charge on any atom is -0.472 e. The number of methoxy groups -OCH3 is 1. The van der Waals surface area contributed by atoms with E-state index in [4.69, 9.17) is 23.4 Å². The monoisotopic (exact) mass is 536 g/mol. The van der Waals surface area contributed by atoms with Crippen molar-refractivity contribution in [3.8, 4) is 0 Å². The Hall–Kier alpha value is -2.28. The fourth-order valence-corrected chi connectivity index (χ4v) is 7.39. The zero-order valence-electron chi connectivity index (χ0n) is 21.7. The number of esters is 2. The van der Waals surface area contributed by atoms with Crippen LogP contribution in [0.3, 0.4) is 0 Å². The van der Waals surface area contributed by atoms with Crippen molar-refractivity contribution < 1.29 is 53.4 Å². The lowest BCUT2D eigenvalue weighted by Crippen LogP contribution is -2.60. The molecule has 1 aromatic rings. The molecule has 0 spiro atoms. The molecule has 1 aromatic heterocycles. The van der Waals surface area contributed by atoms with Crippen LogP contribution < -0.4 is 0 Å². The average Bonchev–Trinajstić information content (AvgIpc) is 3.52. The molecule has 38 heavy (non-hydrogen) atoms. The Morgan fingerprint density at radius 1 is 1.21 bits per heavy atom. The summed E-state index contributed by atoms with van der Waals surface area (Å²) >= 11 is 0. The van der Waals surface area contributed by atoms with Crippen LogP contribution in [0.5, 0.6) is 0 Å². The first-order valence-electron chi connectivity index (χ1n) is 13.0. The van der Waals surface area contributed by atoms with Crippen LogP contribution in [0.1, 0.15) is 51.2 Å². The number of hydrogen-bond donors (Lipinski definition) is 4. The van der Waals surface area contributed by atoms with Crippen molar-refractivity contribution in [3.63, 3.8) is 0 Å². The van der Waals surface area contributed by atoms with Gasteiger partial charge >= 0.3 is 11.9 Å². The van der Waals surface area contributed by atoms with E-state index in [2.05, 4.69) is 0 Å². The third-order valence-electron chi connectivity index (χ3n) is 9.46. The maximum Gasteiger partial charge on any atom is 0.334 e. The van der Waals surface area contributed by atoms with Gasteiger partial charge in [-0.2, -0.15) is 0 Å². The van der Waals surface area contributed by atoms with Gasteiger partial charge in [-0.1, -0.05) is 19.9 Å². The molecule has 2 saturated heterocycles. The SMILES string of the molecule is COC(=O)[C@@H]1C[C@H]2OC(=O)C3=CCC[C@@H]([C@]1(C)C[C@@H](O[C@@H]1O[C@H](CO)[C@@H](O)[C@H](O)[C@H]1O)c1ccoc1)[C@]32C. The van der Waals surface area contributed by atoms with E-state index in [1.807, 2.05) is 19.9 Å². The van der Waals surface area contributed by atoms with Crippen molar-refractivity contribution in [3.05, 3.63) is 35.8 Å². The van der Waals surface area contributed by atoms with E-state index in [9.17, 15) is 30.0 Å². The molecule has 3 heterocycles. The maximum absolute atomic E-state index is 13.2. The van der Waals surface area contributed by atoms with Crippen LogP contribution in [-0.2, 0) is 28.5 Å². The van der Waals surface area contributed by atoms with E-state index in [1.54, 1.807) is 6.07 Å². The molecular weight excluding hydrogens is 500 g/mol. The third-order valence-corrected chi connectivity index (χ3v) is 9.46. The predicted molar refractivity (Wildman–Crippen MR) is 128 cm³/mol. The van der Waals surface area contributed by atoms with E-state index in [0.29, 0.717) is 17.6 Å². The van der Waals surface area contributed by atoms with Crippen molar-refractivity contribution in [1.82, 2.24) is 0 Å². The summed E-state index contributed by atoms with van der Waals surface area (Å²) in [5, 5.41) is 40.8. The Kier molecular flexibility index (Phi) is 7.21. The van der Waals surface area contributed by atoms with Gasteiger partial charge in [0.05, 0.1) is 38.3 Å². The van der Waals surface area contributed by atoms with Crippen LogP contribution in [0.15, 0.2) is 34.7 Å². The summed E-state index contributed by atoms with van der Waals surface area (Å²) in [4.78, 5) is 26.0. The molecule has 2 aliphatic heterocycles. The zero-order valence-corrected chi connectivity index (χ0v) is 21.7. The molecule has 11 nitrogen and oxygen atoms in total. The van der Waals surface area contributed by atoms with E-state index >= 15 is 0 Å². The molecule has 5 rings (SSSR count). The molecule has 3 fully saturated rings. The Labute approximate surface area is 220 Å². The largest absolute Gasteiger partial charge is 0.472 e. The van der Waals surface area contributed by atoms with Crippen molar-refractivity contribution >= 4 is 11.9 Å². The van der Waals surface area contributed by atoms with Crippen molar-refractivity contribution in [2.24, 2.45) is 22.7 Å². The molecule has 210 valence electrons. The predicted octanol–water partition coefficient (Wildman–Crippen LogP) is 0.995. The highest BCUT2D eigenvalue weighted by molar-refractivity contribution is 5.93. The van der Waals surface area contributed by atoms with Gasteiger partial charge in [-0.05, 0) is 43.1 Å². The van der Waals surface area contributed by atoms with Gasteiger partial charge in [0, 0.05) is 16.6 Å². The van der Waals surface area contributed by atoms with Crippen LogP contribution >= 0.6 is 0 Å². The molecule has 0 unspecified atom stereocenters. The molecule has 2 aliphatic carbocycles. The Morgan fingerprint density at radius 3 is 2.63 bits per heavy atom. The molecule has 0 amide bonds. The van der Waals surface area contributed by atoms with E-state index in [-0.39, 0.29) is 24.7 Å². The van der Waals surface area contributed by atoms with E-state index in [1.165, 1.54) is 19.6 Å². The topological polar surface area (TPSA) is 165 Å². The Bertz CT molecular complexity index is 1070. The highest BCUT2D eigenvalue weighted by Crippen LogP contribution is 2.66. The summed E-state index contributed by atoms with van der Waals surface area (Å²) in [6.45, 7) is 3.43.